The number of fused-ring (bicyclic) bond motifs is 13. The van der Waals surface area contributed by atoms with E-state index in [2.05, 4.69) is 203 Å². The number of furan rings is 1. The number of benzene rings is 8. The van der Waals surface area contributed by atoms with Gasteiger partial charge in [0.1, 0.15) is 11.2 Å². The molecule has 2 aliphatic carbocycles. The minimum absolute atomic E-state index is 0.290. The van der Waals surface area contributed by atoms with Gasteiger partial charge < -0.3 is 9.32 Å². The molecule has 0 bridgehead atoms. The lowest BCUT2D eigenvalue weighted by atomic mass is 9.67. The van der Waals surface area contributed by atoms with Crippen LogP contribution in [-0.2, 0) is 5.41 Å². The first-order valence-electron chi connectivity index (χ1n) is 20.5. The lowest BCUT2D eigenvalue weighted by Crippen LogP contribution is -2.31. The Morgan fingerprint density at radius 2 is 1.30 bits per heavy atom. The van der Waals surface area contributed by atoms with Crippen LogP contribution < -0.4 is 4.90 Å². The molecule has 0 saturated carbocycles. The van der Waals surface area contributed by atoms with Gasteiger partial charge in [-0.3, -0.25) is 0 Å². The second kappa shape index (κ2) is 12.6. The predicted octanol–water partition coefficient (Wildman–Crippen LogP) is 15.4. The normalized spacial score (nSPS) is 18.1. The molecule has 276 valence electrons. The molecule has 8 aromatic carbocycles. The zero-order chi connectivity index (χ0) is 38.6. The van der Waals surface area contributed by atoms with Crippen LogP contribution in [0, 0.1) is 12.8 Å². The third-order valence-electron chi connectivity index (χ3n) is 13.6. The molecule has 2 heteroatoms. The van der Waals surface area contributed by atoms with Crippen LogP contribution in [0.2, 0.25) is 0 Å². The van der Waals surface area contributed by atoms with E-state index in [9.17, 15) is 0 Å². The Hall–Kier alpha value is -6.38. The van der Waals surface area contributed by atoms with Gasteiger partial charge in [0.15, 0.2) is 0 Å². The molecule has 0 radical (unpaired) electrons. The largest absolute Gasteiger partial charge is 0.455 e. The second-order valence-corrected chi connectivity index (χ2v) is 16.7. The third kappa shape index (κ3) is 4.71. The smallest absolute Gasteiger partial charge is 0.145 e. The summed E-state index contributed by atoms with van der Waals surface area (Å²) in [6.45, 7) is 11.7. The van der Waals surface area contributed by atoms with Crippen LogP contribution in [0.5, 0.6) is 0 Å². The molecule has 0 amide bonds. The van der Waals surface area contributed by atoms with E-state index in [1.54, 1.807) is 0 Å². The van der Waals surface area contributed by atoms with E-state index < -0.39 is 0 Å². The fourth-order valence-electron chi connectivity index (χ4n) is 10.7. The van der Waals surface area contributed by atoms with Crippen molar-refractivity contribution >= 4 is 49.8 Å². The van der Waals surface area contributed by atoms with E-state index in [1.807, 2.05) is 0 Å². The van der Waals surface area contributed by atoms with Gasteiger partial charge in [-0.2, -0.15) is 0 Å². The number of hydrogen-bond donors (Lipinski definition) is 0. The lowest BCUT2D eigenvalue weighted by Gasteiger charge is -2.36. The molecule has 11 rings (SSSR count). The van der Waals surface area contributed by atoms with Crippen LogP contribution >= 0.6 is 0 Å². The van der Waals surface area contributed by atoms with Gasteiger partial charge in [-0.15, -0.1) is 0 Å². The van der Waals surface area contributed by atoms with Crippen molar-refractivity contribution in [2.75, 3.05) is 4.90 Å². The van der Waals surface area contributed by atoms with Crippen molar-refractivity contribution in [1.29, 1.82) is 0 Å². The van der Waals surface area contributed by atoms with Crippen LogP contribution in [0.15, 0.2) is 168 Å². The Morgan fingerprint density at radius 1 is 0.596 bits per heavy atom. The first-order valence-corrected chi connectivity index (χ1v) is 20.5. The number of hydrogen-bond acceptors (Lipinski definition) is 2. The van der Waals surface area contributed by atoms with Crippen LogP contribution in [0.25, 0.3) is 55.0 Å². The number of rotatable bonds is 5. The van der Waals surface area contributed by atoms with Gasteiger partial charge in [0.2, 0.25) is 0 Å². The van der Waals surface area contributed by atoms with Crippen molar-refractivity contribution in [3.63, 3.8) is 0 Å². The molecule has 0 saturated heterocycles. The van der Waals surface area contributed by atoms with Gasteiger partial charge in [-0.05, 0) is 122 Å². The molecule has 0 fully saturated rings. The summed E-state index contributed by atoms with van der Waals surface area (Å²) in [7, 11) is 0. The molecule has 1 heterocycles. The molecule has 1 spiro atoms. The van der Waals surface area contributed by atoms with Crippen molar-refractivity contribution in [2.24, 2.45) is 5.92 Å². The average Bonchev–Trinajstić information content (AvgIpc) is 3.85. The summed E-state index contributed by atoms with van der Waals surface area (Å²) in [6, 6.07) is 61.1. The molecule has 2 aliphatic rings. The minimum atomic E-state index is -0.373. The SMILES string of the molecule is Cc1ccc(N(c2ccc(C(C)C)cc2)c2cc3c(c4oc5ccccc5c24)-c2ccccc2C32c3ccc4ccccc4c3C(C)C2C)cc1-c1ccccc1. The van der Waals surface area contributed by atoms with Crippen molar-refractivity contribution in [1.82, 2.24) is 0 Å². The molecule has 1 aromatic heterocycles. The van der Waals surface area contributed by atoms with Gasteiger partial charge in [-0.25, -0.2) is 0 Å². The third-order valence-corrected chi connectivity index (χ3v) is 13.6. The number of para-hydroxylation sites is 1. The Balaban J connectivity index is 1.28. The van der Waals surface area contributed by atoms with Crippen LogP contribution in [0.4, 0.5) is 17.1 Å². The van der Waals surface area contributed by atoms with Crippen molar-refractivity contribution in [3.8, 4) is 22.3 Å². The highest BCUT2D eigenvalue weighted by atomic mass is 16.3. The maximum Gasteiger partial charge on any atom is 0.145 e. The fourth-order valence-corrected chi connectivity index (χ4v) is 10.7. The Kier molecular flexibility index (Phi) is 7.48. The summed E-state index contributed by atoms with van der Waals surface area (Å²) in [4.78, 5) is 2.50. The van der Waals surface area contributed by atoms with Crippen LogP contribution in [0.1, 0.15) is 72.9 Å². The fraction of sp³-hybridized carbons (Fsp3) is 0.164. The topological polar surface area (TPSA) is 16.4 Å². The van der Waals surface area contributed by atoms with Gasteiger partial charge in [0, 0.05) is 27.7 Å². The summed E-state index contributed by atoms with van der Waals surface area (Å²) in [5.41, 5.74) is 18.0. The quantitative estimate of drug-likeness (QED) is 0.175. The summed E-state index contributed by atoms with van der Waals surface area (Å²) >= 11 is 0. The molecular weight excluding hydrogens is 691 g/mol. The summed E-state index contributed by atoms with van der Waals surface area (Å²) in [5.74, 6) is 1.06. The predicted molar refractivity (Wildman–Crippen MR) is 240 cm³/mol. The van der Waals surface area contributed by atoms with E-state index >= 15 is 0 Å². The highest BCUT2D eigenvalue weighted by Crippen LogP contribution is 2.67. The van der Waals surface area contributed by atoms with E-state index in [4.69, 9.17) is 4.42 Å². The minimum Gasteiger partial charge on any atom is -0.455 e. The number of anilines is 3. The van der Waals surface area contributed by atoms with Gasteiger partial charge in [0.05, 0.1) is 11.1 Å². The molecule has 9 aromatic rings. The summed E-state index contributed by atoms with van der Waals surface area (Å²) < 4.78 is 7.17. The molecule has 2 nitrogen and oxygen atoms in total. The van der Waals surface area contributed by atoms with Crippen molar-refractivity contribution in [2.45, 2.75) is 51.9 Å². The monoisotopic (exact) mass is 735 g/mol. The maximum atomic E-state index is 7.17. The molecule has 57 heavy (non-hydrogen) atoms. The lowest BCUT2D eigenvalue weighted by molar-refractivity contribution is 0.401. The Bertz CT molecular complexity index is 3040. The van der Waals surface area contributed by atoms with Gasteiger partial charge in [0.25, 0.3) is 0 Å². The van der Waals surface area contributed by atoms with Crippen molar-refractivity contribution < 1.29 is 4.42 Å². The van der Waals surface area contributed by atoms with Gasteiger partial charge in [-0.1, -0.05) is 155 Å². The summed E-state index contributed by atoms with van der Waals surface area (Å²) in [5, 5.41) is 4.93. The highest BCUT2D eigenvalue weighted by Gasteiger charge is 2.56. The molecule has 3 atom stereocenters. The number of nitrogens with zero attached hydrogens (tertiary/aromatic N) is 1. The second-order valence-electron chi connectivity index (χ2n) is 16.7. The molecular formula is C55H45NO. The zero-order valence-corrected chi connectivity index (χ0v) is 33.2. The van der Waals surface area contributed by atoms with E-state index in [0.29, 0.717) is 17.8 Å². The Morgan fingerprint density at radius 3 is 2.11 bits per heavy atom. The van der Waals surface area contributed by atoms with Crippen LogP contribution in [-0.4, -0.2) is 0 Å². The van der Waals surface area contributed by atoms with E-state index in [1.165, 1.54) is 66.4 Å². The molecule has 0 N–H and O–H groups in total. The molecule has 0 aliphatic heterocycles. The van der Waals surface area contributed by atoms with Gasteiger partial charge >= 0.3 is 0 Å². The first kappa shape index (κ1) is 33.9. The first-order chi connectivity index (χ1) is 27.9. The Labute approximate surface area is 335 Å². The average molecular weight is 736 g/mol. The maximum absolute atomic E-state index is 7.17. The zero-order valence-electron chi connectivity index (χ0n) is 33.2. The van der Waals surface area contributed by atoms with E-state index in [-0.39, 0.29) is 5.41 Å². The van der Waals surface area contributed by atoms with Crippen LogP contribution in [0.3, 0.4) is 0 Å². The number of aryl methyl sites for hydroxylation is 1. The summed E-state index contributed by atoms with van der Waals surface area (Å²) in [6.07, 6.45) is 0. The molecule has 3 unspecified atom stereocenters. The standard InChI is InChI=1S/C55H45NO/c1-33(2)37-24-28-40(29-25-37)56(41-27-23-34(3)45(31-41)38-15-7-6-8-16-38)49-32-48-52(54-53(49)44-20-12-14-22-50(44)57-54)43-19-11-13-21-46(43)55(48)36(5)35(4)51-42-18-10-9-17-39(42)26-30-47(51)55/h6-33,35-36H,1-5H3. The highest BCUT2D eigenvalue weighted by molar-refractivity contribution is 6.19. The van der Waals surface area contributed by atoms with E-state index in [0.717, 1.165) is 39.0 Å². The van der Waals surface area contributed by atoms with Crippen molar-refractivity contribution in [3.05, 3.63) is 197 Å².